The van der Waals surface area contributed by atoms with Gasteiger partial charge in [-0.15, -0.1) is 24.0 Å². The summed E-state index contributed by atoms with van der Waals surface area (Å²) < 4.78 is 5.54. The first-order chi connectivity index (χ1) is 14.7. The van der Waals surface area contributed by atoms with Crippen molar-refractivity contribution in [3.8, 4) is 5.75 Å². The van der Waals surface area contributed by atoms with Gasteiger partial charge in [0.05, 0.1) is 0 Å². The third-order valence-corrected chi connectivity index (χ3v) is 5.33. The molecular formula is C24H41IN4O3. The molecule has 32 heavy (non-hydrogen) atoms. The quantitative estimate of drug-likeness (QED) is 0.292. The van der Waals surface area contributed by atoms with Crippen molar-refractivity contribution in [3.63, 3.8) is 0 Å². The number of carbonyl (C=O) groups is 1. The number of piperidine rings is 1. The number of carbonyl (C=O) groups excluding carboxylic acids is 1. The van der Waals surface area contributed by atoms with Gasteiger partial charge in [-0.25, -0.2) is 4.79 Å². The summed E-state index contributed by atoms with van der Waals surface area (Å²) in [4.78, 5) is 21.4. The molecule has 182 valence electrons. The lowest BCUT2D eigenvalue weighted by molar-refractivity contribution is 0.0214. The van der Waals surface area contributed by atoms with E-state index in [-0.39, 0.29) is 30.1 Å². The van der Waals surface area contributed by atoms with E-state index in [0.29, 0.717) is 24.8 Å². The second-order valence-corrected chi connectivity index (χ2v) is 9.10. The number of guanidine groups is 1. The van der Waals surface area contributed by atoms with Gasteiger partial charge < -0.3 is 25.0 Å². The molecule has 2 rings (SSSR count). The van der Waals surface area contributed by atoms with Crippen LogP contribution in [0.1, 0.15) is 53.0 Å². The van der Waals surface area contributed by atoms with Crippen molar-refractivity contribution in [1.29, 1.82) is 0 Å². The number of likely N-dealkylation sites (tertiary alicyclic amines) is 1. The molecule has 1 aromatic carbocycles. The molecule has 0 saturated carbocycles. The lowest BCUT2D eigenvalue weighted by Gasteiger charge is -2.36. The SMILES string of the molecule is CCNC(=NCCc1cccc(O)c1)N1CCC(CN(CC)C(=O)OC(C)(C)C)CC1.I. The molecule has 1 aliphatic rings. The Morgan fingerprint density at radius 2 is 1.97 bits per heavy atom. The number of hydrogen-bond acceptors (Lipinski definition) is 4. The van der Waals surface area contributed by atoms with E-state index in [1.54, 1.807) is 12.1 Å². The fourth-order valence-corrected chi connectivity index (χ4v) is 3.73. The van der Waals surface area contributed by atoms with E-state index in [4.69, 9.17) is 9.73 Å². The van der Waals surface area contributed by atoms with Crippen LogP contribution in [0.25, 0.3) is 0 Å². The second-order valence-electron chi connectivity index (χ2n) is 9.10. The molecule has 1 heterocycles. The van der Waals surface area contributed by atoms with Crippen LogP contribution in [0.15, 0.2) is 29.3 Å². The van der Waals surface area contributed by atoms with Gasteiger partial charge in [-0.2, -0.15) is 0 Å². The maximum atomic E-state index is 12.4. The molecule has 0 atom stereocenters. The van der Waals surface area contributed by atoms with Crippen LogP contribution in [0.2, 0.25) is 0 Å². The predicted molar refractivity (Wildman–Crippen MR) is 141 cm³/mol. The molecular weight excluding hydrogens is 519 g/mol. The highest BCUT2D eigenvalue weighted by molar-refractivity contribution is 14.0. The Morgan fingerprint density at radius 1 is 1.28 bits per heavy atom. The van der Waals surface area contributed by atoms with Crippen molar-refractivity contribution in [2.75, 3.05) is 39.3 Å². The molecule has 1 fully saturated rings. The van der Waals surface area contributed by atoms with Gasteiger partial charge in [0.2, 0.25) is 0 Å². The van der Waals surface area contributed by atoms with E-state index in [2.05, 4.69) is 17.1 Å². The van der Waals surface area contributed by atoms with Gasteiger partial charge in [0.15, 0.2) is 5.96 Å². The molecule has 0 aliphatic carbocycles. The summed E-state index contributed by atoms with van der Waals surface area (Å²) in [5, 5.41) is 13.0. The van der Waals surface area contributed by atoms with Gasteiger partial charge in [0, 0.05) is 39.3 Å². The largest absolute Gasteiger partial charge is 0.508 e. The van der Waals surface area contributed by atoms with Crippen molar-refractivity contribution < 1.29 is 14.6 Å². The highest BCUT2D eigenvalue weighted by Crippen LogP contribution is 2.20. The number of rotatable bonds is 7. The molecule has 1 aliphatic heterocycles. The van der Waals surface area contributed by atoms with Crippen molar-refractivity contribution >= 4 is 36.0 Å². The number of ether oxygens (including phenoxy) is 1. The third kappa shape index (κ3) is 9.83. The average molecular weight is 561 g/mol. The molecule has 0 aromatic heterocycles. The summed E-state index contributed by atoms with van der Waals surface area (Å²) in [7, 11) is 0. The number of aliphatic imine (C=N–C) groups is 1. The van der Waals surface area contributed by atoms with E-state index < -0.39 is 5.60 Å². The summed E-state index contributed by atoms with van der Waals surface area (Å²) in [6.07, 6.45) is 2.62. The number of aromatic hydroxyl groups is 1. The molecule has 1 saturated heterocycles. The zero-order chi connectivity index (χ0) is 22.9. The van der Waals surface area contributed by atoms with E-state index in [9.17, 15) is 9.90 Å². The first kappa shape index (κ1) is 28.3. The smallest absolute Gasteiger partial charge is 0.410 e. The Bertz CT molecular complexity index is 728. The predicted octanol–water partition coefficient (Wildman–Crippen LogP) is 4.49. The van der Waals surface area contributed by atoms with Gasteiger partial charge >= 0.3 is 6.09 Å². The Balaban J connectivity index is 0.00000512. The van der Waals surface area contributed by atoms with Crippen molar-refractivity contribution in [2.45, 2.75) is 59.5 Å². The van der Waals surface area contributed by atoms with Crippen LogP contribution in [-0.4, -0.2) is 71.8 Å². The summed E-state index contributed by atoms with van der Waals surface area (Å²) in [6, 6.07) is 7.35. The Labute approximate surface area is 210 Å². The lowest BCUT2D eigenvalue weighted by atomic mass is 9.96. The summed E-state index contributed by atoms with van der Waals surface area (Å²) >= 11 is 0. The zero-order valence-corrected chi connectivity index (χ0v) is 22.6. The number of halogens is 1. The van der Waals surface area contributed by atoms with Crippen molar-refractivity contribution in [3.05, 3.63) is 29.8 Å². The normalized spacial score (nSPS) is 15.2. The molecule has 1 amide bonds. The molecule has 1 aromatic rings. The first-order valence-electron chi connectivity index (χ1n) is 11.5. The highest BCUT2D eigenvalue weighted by atomic mass is 127. The number of benzene rings is 1. The zero-order valence-electron chi connectivity index (χ0n) is 20.3. The standard InChI is InChI=1S/C24H40N4O3.HI/c1-6-25-22(26-14-11-19-9-8-10-21(29)17-19)28-15-12-20(13-16-28)18-27(7-2)23(30)31-24(3,4)5;/h8-10,17,20,29H,6-7,11-16,18H2,1-5H3,(H,25,26);1H. The molecule has 0 unspecified atom stereocenters. The number of phenols is 1. The molecule has 8 heteroatoms. The number of nitrogens with zero attached hydrogens (tertiary/aromatic N) is 3. The van der Waals surface area contributed by atoms with Crippen LogP contribution < -0.4 is 5.32 Å². The molecule has 0 bridgehead atoms. The molecule has 7 nitrogen and oxygen atoms in total. The van der Waals surface area contributed by atoms with Crippen molar-refractivity contribution in [2.24, 2.45) is 10.9 Å². The minimum absolute atomic E-state index is 0. The summed E-state index contributed by atoms with van der Waals surface area (Å²) in [5.74, 6) is 1.71. The first-order valence-corrected chi connectivity index (χ1v) is 11.5. The number of nitrogens with one attached hydrogen (secondary N) is 1. The summed E-state index contributed by atoms with van der Waals surface area (Å²) in [6.45, 7) is 14.5. The van der Waals surface area contributed by atoms with Gasteiger partial charge in [-0.1, -0.05) is 12.1 Å². The number of amides is 1. The Hall–Kier alpha value is -1.71. The Kier molecular flexibility index (Phi) is 12.2. The van der Waals surface area contributed by atoms with Crippen molar-refractivity contribution in [1.82, 2.24) is 15.1 Å². The van der Waals surface area contributed by atoms with Gasteiger partial charge in [-0.05, 0) is 77.5 Å². The Morgan fingerprint density at radius 3 is 2.53 bits per heavy atom. The van der Waals surface area contributed by atoms with Gasteiger partial charge in [0.1, 0.15) is 11.4 Å². The molecule has 0 radical (unpaired) electrons. The minimum atomic E-state index is -0.469. The van der Waals surface area contributed by atoms with Crippen LogP contribution in [0, 0.1) is 5.92 Å². The van der Waals surface area contributed by atoms with E-state index in [0.717, 1.165) is 57.0 Å². The van der Waals surface area contributed by atoms with Crippen LogP contribution >= 0.6 is 24.0 Å². The van der Waals surface area contributed by atoms with E-state index in [1.165, 1.54) is 0 Å². The van der Waals surface area contributed by atoms with E-state index >= 15 is 0 Å². The van der Waals surface area contributed by atoms with Crippen LogP contribution in [0.3, 0.4) is 0 Å². The topological polar surface area (TPSA) is 77.4 Å². The third-order valence-electron chi connectivity index (χ3n) is 5.33. The maximum absolute atomic E-state index is 12.4. The lowest BCUT2D eigenvalue weighted by Crippen LogP contribution is -2.48. The fourth-order valence-electron chi connectivity index (χ4n) is 3.73. The molecule has 2 N–H and O–H groups in total. The fraction of sp³-hybridized carbons (Fsp3) is 0.667. The number of hydrogen-bond donors (Lipinski definition) is 2. The second kappa shape index (κ2) is 13.7. The maximum Gasteiger partial charge on any atom is 0.410 e. The highest BCUT2D eigenvalue weighted by Gasteiger charge is 2.27. The minimum Gasteiger partial charge on any atom is -0.508 e. The van der Waals surface area contributed by atoms with Crippen LogP contribution in [0.5, 0.6) is 5.75 Å². The summed E-state index contributed by atoms with van der Waals surface area (Å²) in [5.41, 5.74) is 0.615. The monoisotopic (exact) mass is 560 g/mol. The van der Waals surface area contributed by atoms with Gasteiger partial charge in [-0.3, -0.25) is 4.99 Å². The molecule has 0 spiro atoms. The van der Waals surface area contributed by atoms with Crippen LogP contribution in [-0.2, 0) is 11.2 Å². The average Bonchev–Trinajstić information content (AvgIpc) is 2.70. The van der Waals surface area contributed by atoms with Crippen LogP contribution in [0.4, 0.5) is 4.79 Å². The number of phenolic OH excluding ortho intramolecular Hbond substituents is 1. The van der Waals surface area contributed by atoms with E-state index in [1.807, 2.05) is 44.7 Å². The van der Waals surface area contributed by atoms with Gasteiger partial charge in [0.25, 0.3) is 0 Å².